The molecule has 3 aromatic rings. The SMILES string of the molecule is CC1=Nc2ccc(CN3CCN(c4ccc(C(=O)NC5CCN(c6cccc(NC7CCC(O)NC7O)c6)CC5)nc4F)CC3)c(F)c2CC1=O. The number of aliphatic hydroxyl groups excluding tert-OH is 2. The molecule has 2 aromatic carbocycles. The topological polar surface area (TPSA) is 146 Å². The van der Waals surface area contributed by atoms with Crippen molar-refractivity contribution < 1.29 is 28.6 Å². The summed E-state index contributed by atoms with van der Waals surface area (Å²) in [5.74, 6) is -1.66. The minimum absolute atomic E-state index is 0.0194. The maximum absolute atomic E-state index is 15.3. The fourth-order valence-corrected chi connectivity index (χ4v) is 7.35. The van der Waals surface area contributed by atoms with Gasteiger partial charge >= 0.3 is 0 Å². The van der Waals surface area contributed by atoms with E-state index in [9.17, 15) is 19.8 Å². The first-order chi connectivity index (χ1) is 24.6. The van der Waals surface area contributed by atoms with Gasteiger partial charge in [-0.15, -0.1) is 0 Å². The van der Waals surface area contributed by atoms with Crippen LogP contribution in [0.25, 0.3) is 0 Å². The molecule has 7 rings (SSSR count). The van der Waals surface area contributed by atoms with Gasteiger partial charge in [-0.2, -0.15) is 4.39 Å². The van der Waals surface area contributed by atoms with Crippen molar-refractivity contribution in [1.82, 2.24) is 20.5 Å². The number of aliphatic imine (C=N–C) groups is 1. The van der Waals surface area contributed by atoms with Crippen molar-refractivity contribution in [1.29, 1.82) is 0 Å². The molecule has 5 N–H and O–H groups in total. The molecule has 0 saturated carbocycles. The third-order valence-electron chi connectivity index (χ3n) is 10.4. The van der Waals surface area contributed by atoms with E-state index >= 15 is 8.78 Å². The molecule has 4 aliphatic rings. The number of nitrogens with one attached hydrogen (secondary N) is 3. The summed E-state index contributed by atoms with van der Waals surface area (Å²) in [6.45, 7) is 5.67. The van der Waals surface area contributed by atoms with E-state index in [-0.39, 0.29) is 35.8 Å². The first-order valence-electron chi connectivity index (χ1n) is 17.7. The summed E-state index contributed by atoms with van der Waals surface area (Å²) in [7, 11) is 0. The molecular formula is C37H44F2N8O4. The Balaban J connectivity index is 0.882. The smallest absolute Gasteiger partial charge is 0.270 e. The highest BCUT2D eigenvalue weighted by Crippen LogP contribution is 2.31. The number of piperidine rings is 2. The first-order valence-corrected chi connectivity index (χ1v) is 17.7. The lowest BCUT2D eigenvalue weighted by molar-refractivity contribution is -0.112. The number of amides is 1. The number of nitrogens with zero attached hydrogens (tertiary/aromatic N) is 5. The van der Waals surface area contributed by atoms with E-state index in [1.807, 2.05) is 29.2 Å². The largest absolute Gasteiger partial charge is 0.379 e. The number of Topliss-reactive ketones (excluding diaryl/α,β-unsaturated/α-hetero) is 1. The Bertz CT molecular complexity index is 1810. The number of benzene rings is 2. The Morgan fingerprint density at radius 2 is 1.75 bits per heavy atom. The molecule has 4 aliphatic heterocycles. The van der Waals surface area contributed by atoms with Crippen LogP contribution in [0, 0.1) is 11.8 Å². The number of carbonyl (C=O) groups excluding carboxylic acids is 2. The van der Waals surface area contributed by atoms with Crippen LogP contribution in [0.15, 0.2) is 53.5 Å². The fraction of sp³-hybridized carbons (Fsp3) is 0.459. The van der Waals surface area contributed by atoms with Crippen molar-refractivity contribution in [2.75, 3.05) is 54.4 Å². The number of ketones is 1. The van der Waals surface area contributed by atoms with Crippen LogP contribution < -0.4 is 25.8 Å². The quantitative estimate of drug-likeness (QED) is 0.222. The van der Waals surface area contributed by atoms with Gasteiger partial charge in [0.2, 0.25) is 5.95 Å². The predicted molar refractivity (Wildman–Crippen MR) is 191 cm³/mol. The van der Waals surface area contributed by atoms with Gasteiger partial charge in [-0.3, -0.25) is 19.8 Å². The number of pyridine rings is 1. The number of fused-ring (bicyclic) bond motifs is 1. The molecule has 3 atom stereocenters. The van der Waals surface area contributed by atoms with Crippen LogP contribution in [0.4, 0.5) is 31.5 Å². The highest BCUT2D eigenvalue weighted by molar-refractivity contribution is 6.40. The molecular weight excluding hydrogens is 658 g/mol. The second kappa shape index (κ2) is 15.0. The third-order valence-corrected chi connectivity index (χ3v) is 10.4. The van der Waals surface area contributed by atoms with Crippen LogP contribution in [0.1, 0.15) is 54.2 Å². The molecule has 3 fully saturated rings. The maximum Gasteiger partial charge on any atom is 0.270 e. The van der Waals surface area contributed by atoms with Crippen LogP contribution in [0.3, 0.4) is 0 Å². The molecule has 270 valence electrons. The lowest BCUT2D eigenvalue weighted by atomic mass is 9.97. The Hall–Kier alpha value is -4.50. The summed E-state index contributed by atoms with van der Waals surface area (Å²) < 4.78 is 30.5. The van der Waals surface area contributed by atoms with Gasteiger partial charge in [0.25, 0.3) is 5.91 Å². The van der Waals surface area contributed by atoms with Gasteiger partial charge in [0.1, 0.15) is 24.0 Å². The Labute approximate surface area is 295 Å². The Morgan fingerprint density at radius 1 is 0.961 bits per heavy atom. The van der Waals surface area contributed by atoms with Gasteiger partial charge in [0, 0.05) is 80.8 Å². The van der Waals surface area contributed by atoms with E-state index in [4.69, 9.17) is 0 Å². The molecule has 1 aromatic heterocycles. The number of carbonyl (C=O) groups is 2. The first kappa shape index (κ1) is 34.9. The maximum atomic E-state index is 15.3. The molecule has 14 heteroatoms. The van der Waals surface area contributed by atoms with Crippen molar-refractivity contribution in [2.45, 2.75) is 70.1 Å². The van der Waals surface area contributed by atoms with Gasteiger partial charge in [-0.1, -0.05) is 12.1 Å². The zero-order chi connectivity index (χ0) is 35.6. The zero-order valence-electron chi connectivity index (χ0n) is 28.6. The standard InChI is InChI=1S/C37H44F2N8O4/c1-22-32(48)20-27-28(40-22)6-5-23(34(27)38)21-45-15-17-47(18-16-45)31-9-7-30(43-35(31)39)36(50)42-24-11-13-46(14-12-24)26-4-2-3-25(19-26)41-29-8-10-33(49)44-37(29)51/h2-7,9,19,24,29,33,37,41,44,49,51H,8,10-18,20-21H2,1H3,(H,42,50). The van der Waals surface area contributed by atoms with Crippen LogP contribution in [0.2, 0.25) is 0 Å². The monoisotopic (exact) mass is 702 g/mol. The van der Waals surface area contributed by atoms with Gasteiger partial charge in [-0.05, 0) is 69.0 Å². The lowest BCUT2D eigenvalue weighted by Crippen LogP contribution is -2.53. The summed E-state index contributed by atoms with van der Waals surface area (Å²) in [5.41, 5.74) is 4.04. The number of piperazine rings is 1. The van der Waals surface area contributed by atoms with Crippen molar-refractivity contribution >= 4 is 40.2 Å². The molecule has 3 unspecified atom stereocenters. The van der Waals surface area contributed by atoms with E-state index < -0.39 is 24.3 Å². The van der Waals surface area contributed by atoms with E-state index in [0.717, 1.165) is 37.3 Å². The minimum Gasteiger partial charge on any atom is -0.379 e. The van der Waals surface area contributed by atoms with E-state index in [1.165, 1.54) is 0 Å². The average Bonchev–Trinajstić information content (AvgIpc) is 3.12. The van der Waals surface area contributed by atoms with Gasteiger partial charge in [-0.25, -0.2) is 14.4 Å². The lowest BCUT2D eigenvalue weighted by Gasteiger charge is -2.36. The second-order valence-corrected chi connectivity index (χ2v) is 13.8. The average molecular weight is 703 g/mol. The van der Waals surface area contributed by atoms with Gasteiger partial charge < -0.3 is 30.6 Å². The molecule has 51 heavy (non-hydrogen) atoms. The van der Waals surface area contributed by atoms with E-state index in [1.54, 1.807) is 31.2 Å². The van der Waals surface area contributed by atoms with Crippen LogP contribution in [-0.2, 0) is 17.8 Å². The Morgan fingerprint density at radius 3 is 2.49 bits per heavy atom. The van der Waals surface area contributed by atoms with E-state index in [2.05, 4.69) is 35.7 Å². The van der Waals surface area contributed by atoms with Gasteiger partial charge in [0.05, 0.1) is 23.1 Å². The summed E-state index contributed by atoms with van der Waals surface area (Å²) in [6, 6.07) is 14.4. The molecule has 1 amide bonds. The Kier molecular flexibility index (Phi) is 10.3. The second-order valence-electron chi connectivity index (χ2n) is 13.8. The van der Waals surface area contributed by atoms with E-state index in [0.29, 0.717) is 73.8 Å². The molecule has 0 aliphatic carbocycles. The number of hydrogen-bond donors (Lipinski definition) is 5. The zero-order valence-corrected chi connectivity index (χ0v) is 28.6. The molecule has 12 nitrogen and oxygen atoms in total. The van der Waals surface area contributed by atoms with Crippen LogP contribution in [-0.4, -0.2) is 101 Å². The number of aromatic nitrogens is 1. The highest BCUT2D eigenvalue weighted by Gasteiger charge is 2.29. The number of aliphatic hydroxyl groups is 2. The predicted octanol–water partition coefficient (Wildman–Crippen LogP) is 3.10. The van der Waals surface area contributed by atoms with Crippen molar-refractivity contribution in [3.05, 3.63) is 77.1 Å². The highest BCUT2D eigenvalue weighted by atomic mass is 19.1. The van der Waals surface area contributed by atoms with Crippen molar-refractivity contribution in [3.8, 4) is 0 Å². The molecule has 0 bridgehead atoms. The number of rotatable bonds is 8. The number of anilines is 3. The summed E-state index contributed by atoms with van der Waals surface area (Å²) >= 11 is 0. The molecule has 5 heterocycles. The number of halogens is 2. The normalized spacial score (nSPS) is 23.1. The fourth-order valence-electron chi connectivity index (χ4n) is 7.35. The third kappa shape index (κ3) is 7.88. The van der Waals surface area contributed by atoms with Gasteiger partial charge in [0.15, 0.2) is 5.78 Å². The van der Waals surface area contributed by atoms with Crippen LogP contribution >= 0.6 is 0 Å². The molecule has 0 spiro atoms. The van der Waals surface area contributed by atoms with Crippen molar-refractivity contribution in [3.63, 3.8) is 0 Å². The van der Waals surface area contributed by atoms with Crippen LogP contribution in [0.5, 0.6) is 0 Å². The molecule has 3 saturated heterocycles. The molecule has 0 radical (unpaired) electrons. The van der Waals surface area contributed by atoms with Crippen molar-refractivity contribution in [2.24, 2.45) is 4.99 Å². The summed E-state index contributed by atoms with van der Waals surface area (Å²) in [4.78, 5) is 39.7. The summed E-state index contributed by atoms with van der Waals surface area (Å²) in [6.07, 6.45) is 1.13. The minimum atomic E-state index is -0.840. The number of hydrogen-bond acceptors (Lipinski definition) is 11. The summed E-state index contributed by atoms with van der Waals surface area (Å²) in [5, 5.41) is 29.1.